The molecule has 2 aliphatic rings. The Hall–Kier alpha value is -4.62. The van der Waals surface area contributed by atoms with Crippen molar-refractivity contribution in [2.24, 2.45) is 17.1 Å². The van der Waals surface area contributed by atoms with Crippen molar-refractivity contribution in [2.75, 3.05) is 7.11 Å². The summed E-state index contributed by atoms with van der Waals surface area (Å²) in [4.78, 5) is 10.5. The second-order valence-electron chi connectivity index (χ2n) is 8.33. The van der Waals surface area contributed by atoms with Gasteiger partial charge >= 0.3 is 5.69 Å². The number of hydrogen-bond acceptors (Lipinski definition) is 8. The molecule has 10 nitrogen and oxygen atoms in total. The number of aromatic nitrogens is 2. The van der Waals surface area contributed by atoms with Crippen molar-refractivity contribution in [3.8, 4) is 24.0 Å². The van der Waals surface area contributed by atoms with Crippen molar-refractivity contribution in [1.82, 2.24) is 9.78 Å². The lowest BCUT2D eigenvalue weighted by Crippen LogP contribution is -2.42. The molecule has 0 unspecified atom stereocenters. The Morgan fingerprint density at radius 3 is 2.74 bits per heavy atom. The van der Waals surface area contributed by atoms with E-state index in [-0.39, 0.29) is 29.4 Å². The van der Waals surface area contributed by atoms with Crippen molar-refractivity contribution >= 4 is 5.69 Å². The van der Waals surface area contributed by atoms with Crippen molar-refractivity contribution in [3.63, 3.8) is 0 Å². The molecule has 2 aliphatic carbocycles. The maximum absolute atomic E-state index is 11.0. The van der Waals surface area contributed by atoms with E-state index in [2.05, 4.69) is 23.3 Å². The highest BCUT2D eigenvalue weighted by atomic mass is 16.6. The Kier molecular flexibility index (Phi) is 5.79. The molecule has 4 rings (SSSR count). The van der Waals surface area contributed by atoms with Gasteiger partial charge in [-0.05, 0) is 48.4 Å². The van der Waals surface area contributed by atoms with Crippen LogP contribution in [-0.2, 0) is 6.54 Å². The molecule has 1 aromatic carbocycles. The molecule has 0 bridgehead atoms. The van der Waals surface area contributed by atoms with Gasteiger partial charge in [0.15, 0.2) is 5.41 Å². The van der Waals surface area contributed by atoms with Gasteiger partial charge < -0.3 is 10.5 Å². The van der Waals surface area contributed by atoms with Gasteiger partial charge in [0.05, 0.1) is 42.0 Å². The minimum Gasteiger partial charge on any atom is -0.496 e. The van der Waals surface area contributed by atoms with Crippen LogP contribution in [0.2, 0.25) is 0 Å². The summed E-state index contributed by atoms with van der Waals surface area (Å²) in [6.45, 7) is 0.186. The van der Waals surface area contributed by atoms with E-state index >= 15 is 0 Å². The van der Waals surface area contributed by atoms with Crippen LogP contribution in [0.4, 0.5) is 5.69 Å². The molecule has 2 aromatic rings. The van der Waals surface area contributed by atoms with Gasteiger partial charge in [-0.15, -0.1) is 0 Å². The first kappa shape index (κ1) is 22.6. The highest BCUT2D eigenvalue weighted by Gasteiger charge is 2.53. The molecule has 0 aliphatic heterocycles. The van der Waals surface area contributed by atoms with Crippen LogP contribution in [0.3, 0.4) is 0 Å². The summed E-state index contributed by atoms with van der Waals surface area (Å²) in [5, 5.41) is 45.2. The molecule has 10 heteroatoms. The molecule has 0 saturated carbocycles. The van der Waals surface area contributed by atoms with E-state index in [9.17, 15) is 25.9 Å². The largest absolute Gasteiger partial charge is 0.496 e. The lowest BCUT2D eigenvalue weighted by atomic mass is 9.56. The molecule has 2 atom stereocenters. The van der Waals surface area contributed by atoms with Gasteiger partial charge in [0.25, 0.3) is 0 Å². The monoisotopic (exact) mass is 455 g/mol. The first-order valence-corrected chi connectivity index (χ1v) is 10.7. The second kappa shape index (κ2) is 8.73. The number of fused-ring (bicyclic) bond motifs is 1. The molecule has 1 heterocycles. The van der Waals surface area contributed by atoms with Crippen molar-refractivity contribution in [1.29, 1.82) is 15.8 Å². The standard InChI is InChI=1S/C24H21N7O3/c1-34-21-7-6-15(8-16(21)11-30-12-17(10-29-30)31(32)33)22-19-5-3-2-4-18(19)20(9-25)23(28)24(22,13-26)14-27/h4,6-8,10,12,19,22H,2-3,5,11,28H2,1H3/t19-,22+/m1/s1. The number of nitro groups is 1. The summed E-state index contributed by atoms with van der Waals surface area (Å²) in [6.07, 6.45) is 6.86. The minimum atomic E-state index is -1.71. The third-order valence-corrected chi connectivity index (χ3v) is 6.63. The molecule has 170 valence electrons. The number of rotatable bonds is 5. The third kappa shape index (κ3) is 3.44. The molecular formula is C24H21N7O3. The molecule has 0 amide bonds. The molecule has 2 N–H and O–H groups in total. The van der Waals surface area contributed by atoms with Crippen LogP contribution < -0.4 is 10.5 Å². The SMILES string of the molecule is COc1ccc([C@H]2[C@@H]3CCCC=C3C(C#N)=C(N)C2(C#N)C#N)cc1Cn1cc([N+](=O)[O-])cn1. The fourth-order valence-electron chi connectivity index (χ4n) is 5.07. The second-order valence-corrected chi connectivity index (χ2v) is 8.33. The normalized spacial score (nSPS) is 20.8. The van der Waals surface area contributed by atoms with E-state index in [0.717, 1.165) is 18.4 Å². The average Bonchev–Trinajstić information content (AvgIpc) is 3.32. The summed E-state index contributed by atoms with van der Waals surface area (Å²) >= 11 is 0. The van der Waals surface area contributed by atoms with Crippen LogP contribution in [0.25, 0.3) is 0 Å². The summed E-state index contributed by atoms with van der Waals surface area (Å²) < 4.78 is 6.91. The van der Waals surface area contributed by atoms with Crippen LogP contribution in [-0.4, -0.2) is 21.8 Å². The molecule has 0 fully saturated rings. The molecule has 34 heavy (non-hydrogen) atoms. The zero-order valence-electron chi connectivity index (χ0n) is 18.4. The van der Waals surface area contributed by atoms with E-state index < -0.39 is 16.3 Å². The fourth-order valence-corrected chi connectivity index (χ4v) is 5.07. The molecule has 1 aromatic heterocycles. The smallest absolute Gasteiger partial charge is 0.307 e. The van der Waals surface area contributed by atoms with Crippen LogP contribution in [0.1, 0.15) is 36.3 Å². The van der Waals surface area contributed by atoms with Gasteiger partial charge in [-0.2, -0.15) is 20.9 Å². The minimum absolute atomic E-state index is 0.0190. The highest BCUT2D eigenvalue weighted by molar-refractivity contribution is 5.59. The summed E-state index contributed by atoms with van der Waals surface area (Å²) in [5.41, 5.74) is 6.88. The number of hydrogen-bond donors (Lipinski definition) is 1. The van der Waals surface area contributed by atoms with Crippen LogP contribution >= 0.6 is 0 Å². The first-order chi connectivity index (χ1) is 16.4. The quantitative estimate of drug-likeness (QED) is 0.528. The van der Waals surface area contributed by atoms with Crippen LogP contribution in [0.5, 0.6) is 5.75 Å². The number of nitrogens with two attached hydrogens (primary N) is 1. The topological polar surface area (TPSA) is 168 Å². The number of allylic oxidation sites excluding steroid dienone is 4. The lowest BCUT2D eigenvalue weighted by Gasteiger charge is -2.43. The number of nitrogens with zero attached hydrogens (tertiary/aromatic N) is 6. The Morgan fingerprint density at radius 1 is 1.35 bits per heavy atom. The molecular weight excluding hydrogens is 434 g/mol. The molecule has 0 radical (unpaired) electrons. The first-order valence-electron chi connectivity index (χ1n) is 10.7. The summed E-state index contributed by atoms with van der Waals surface area (Å²) in [5.74, 6) is -0.275. The van der Waals surface area contributed by atoms with Gasteiger partial charge in [-0.3, -0.25) is 14.8 Å². The van der Waals surface area contributed by atoms with Crippen LogP contribution in [0.15, 0.2) is 53.5 Å². The fraction of sp³-hybridized carbons (Fsp3) is 0.333. The summed E-state index contributed by atoms with van der Waals surface area (Å²) in [7, 11) is 1.52. The maximum atomic E-state index is 11.0. The Balaban J connectivity index is 1.87. The van der Waals surface area contributed by atoms with E-state index in [1.807, 2.05) is 12.1 Å². The lowest BCUT2D eigenvalue weighted by molar-refractivity contribution is -0.385. The predicted molar refractivity (Wildman–Crippen MR) is 120 cm³/mol. The van der Waals surface area contributed by atoms with Gasteiger partial charge in [0.1, 0.15) is 24.2 Å². The maximum Gasteiger partial charge on any atom is 0.307 e. The van der Waals surface area contributed by atoms with Crippen LogP contribution in [0, 0.1) is 55.4 Å². The Morgan fingerprint density at radius 2 is 2.12 bits per heavy atom. The van der Waals surface area contributed by atoms with Crippen molar-refractivity contribution < 1.29 is 9.66 Å². The highest BCUT2D eigenvalue weighted by Crippen LogP contribution is 2.56. The van der Waals surface area contributed by atoms with E-state index in [4.69, 9.17) is 10.5 Å². The van der Waals surface area contributed by atoms with E-state index in [0.29, 0.717) is 23.3 Å². The Labute approximate surface area is 195 Å². The van der Waals surface area contributed by atoms with Gasteiger partial charge in [-0.25, -0.2) is 0 Å². The summed E-state index contributed by atoms with van der Waals surface area (Å²) in [6, 6.07) is 11.8. The zero-order valence-corrected chi connectivity index (χ0v) is 18.4. The van der Waals surface area contributed by atoms with Gasteiger partial charge in [-0.1, -0.05) is 12.1 Å². The molecule has 0 spiro atoms. The van der Waals surface area contributed by atoms with E-state index in [1.165, 1.54) is 24.2 Å². The Bertz CT molecular complexity index is 1340. The zero-order chi connectivity index (χ0) is 24.5. The number of ether oxygens (including phenoxy) is 1. The van der Waals surface area contributed by atoms with Crippen molar-refractivity contribution in [3.05, 3.63) is 74.8 Å². The third-order valence-electron chi connectivity index (χ3n) is 6.63. The molecule has 0 saturated heterocycles. The van der Waals surface area contributed by atoms with Gasteiger partial charge in [0, 0.05) is 11.5 Å². The number of methoxy groups -OCH3 is 1. The van der Waals surface area contributed by atoms with Crippen molar-refractivity contribution in [2.45, 2.75) is 31.7 Å². The van der Waals surface area contributed by atoms with Gasteiger partial charge in [0.2, 0.25) is 0 Å². The average molecular weight is 455 g/mol. The number of nitriles is 3. The number of benzene rings is 1. The van der Waals surface area contributed by atoms with E-state index in [1.54, 1.807) is 12.1 Å². The predicted octanol–water partition coefficient (Wildman–Crippen LogP) is 3.44.